The first-order valence-corrected chi connectivity index (χ1v) is 5.06. The van der Waals surface area contributed by atoms with Gasteiger partial charge in [0.1, 0.15) is 11.4 Å². The van der Waals surface area contributed by atoms with Crippen LogP contribution in [-0.4, -0.2) is 27.7 Å². The highest BCUT2D eigenvalue weighted by Crippen LogP contribution is 2.17. The third-order valence-corrected chi connectivity index (χ3v) is 2.26. The van der Waals surface area contributed by atoms with E-state index in [2.05, 4.69) is 10.3 Å². The highest BCUT2D eigenvalue weighted by molar-refractivity contribution is 5.04. The van der Waals surface area contributed by atoms with Crippen molar-refractivity contribution in [2.24, 2.45) is 0 Å². The van der Waals surface area contributed by atoms with E-state index in [0.717, 1.165) is 18.9 Å². The molecule has 1 heterocycles. The van der Waals surface area contributed by atoms with Gasteiger partial charge in [0.2, 0.25) is 0 Å². The van der Waals surface area contributed by atoms with Crippen molar-refractivity contribution in [1.29, 1.82) is 0 Å². The summed E-state index contributed by atoms with van der Waals surface area (Å²) in [6, 6.07) is 0. The Hall–Kier alpha value is -0.870. The molecule has 0 bridgehead atoms. The monoisotopic (exact) mass is 197 g/mol. The van der Waals surface area contributed by atoms with E-state index in [0.29, 0.717) is 6.54 Å². The summed E-state index contributed by atoms with van der Waals surface area (Å²) in [6.45, 7) is 8.04. The summed E-state index contributed by atoms with van der Waals surface area (Å²) in [4.78, 5) is 4.18. The van der Waals surface area contributed by atoms with Gasteiger partial charge in [0.25, 0.3) is 0 Å². The summed E-state index contributed by atoms with van der Waals surface area (Å²) in [5.74, 6) is 0.723. The molecule has 0 spiro atoms. The van der Waals surface area contributed by atoms with E-state index < -0.39 is 5.60 Å². The van der Waals surface area contributed by atoms with Crippen LogP contribution in [0, 0.1) is 0 Å². The summed E-state index contributed by atoms with van der Waals surface area (Å²) in [5.41, 5.74) is -0.893. The molecule has 4 nitrogen and oxygen atoms in total. The molecule has 2 N–H and O–H groups in total. The molecule has 80 valence electrons. The molecule has 14 heavy (non-hydrogen) atoms. The molecule has 0 amide bonds. The van der Waals surface area contributed by atoms with Crippen molar-refractivity contribution in [2.45, 2.75) is 32.9 Å². The van der Waals surface area contributed by atoms with Crippen LogP contribution in [0.1, 0.15) is 26.6 Å². The average molecular weight is 197 g/mol. The zero-order valence-electron chi connectivity index (χ0n) is 9.12. The van der Waals surface area contributed by atoms with Crippen molar-refractivity contribution in [3.05, 3.63) is 18.2 Å². The fourth-order valence-corrected chi connectivity index (χ4v) is 1.48. The number of likely N-dealkylation sites (N-methyl/N-ethyl adjacent to an activating group) is 1. The Labute approximate surface area is 85.0 Å². The molecule has 0 aliphatic rings. The van der Waals surface area contributed by atoms with Gasteiger partial charge in [-0.3, -0.25) is 0 Å². The number of aryl methyl sites for hydroxylation is 1. The number of nitrogens with one attached hydrogen (secondary N) is 1. The van der Waals surface area contributed by atoms with Crippen LogP contribution in [0.4, 0.5) is 0 Å². The van der Waals surface area contributed by atoms with Gasteiger partial charge in [-0.1, -0.05) is 6.92 Å². The first kappa shape index (κ1) is 11.2. The standard InChI is InChI=1S/C10H19N3O/c1-4-11-8-10(3,14)9-12-6-7-13(9)5-2/h6-7,11,14H,4-5,8H2,1-3H3. The Balaban J connectivity index is 2.79. The molecule has 1 atom stereocenters. The maximum atomic E-state index is 10.2. The molecule has 0 aliphatic carbocycles. The Bertz CT molecular complexity index is 281. The van der Waals surface area contributed by atoms with Gasteiger partial charge in [0, 0.05) is 25.5 Å². The topological polar surface area (TPSA) is 50.1 Å². The molecule has 0 radical (unpaired) electrons. The van der Waals surface area contributed by atoms with Crippen molar-refractivity contribution in [3.8, 4) is 0 Å². The van der Waals surface area contributed by atoms with Crippen LogP contribution in [0.3, 0.4) is 0 Å². The van der Waals surface area contributed by atoms with E-state index in [1.54, 1.807) is 13.1 Å². The number of hydrogen-bond acceptors (Lipinski definition) is 3. The van der Waals surface area contributed by atoms with E-state index in [1.807, 2.05) is 24.6 Å². The minimum absolute atomic E-state index is 0.528. The average Bonchev–Trinajstić information content (AvgIpc) is 2.63. The van der Waals surface area contributed by atoms with E-state index >= 15 is 0 Å². The number of rotatable bonds is 5. The predicted molar refractivity (Wildman–Crippen MR) is 56.0 cm³/mol. The van der Waals surface area contributed by atoms with Crippen LogP contribution >= 0.6 is 0 Å². The molecule has 0 saturated carbocycles. The van der Waals surface area contributed by atoms with Gasteiger partial charge in [-0.2, -0.15) is 0 Å². The van der Waals surface area contributed by atoms with Crippen LogP contribution in [0.15, 0.2) is 12.4 Å². The minimum atomic E-state index is -0.893. The maximum absolute atomic E-state index is 10.2. The highest BCUT2D eigenvalue weighted by Gasteiger charge is 2.26. The zero-order valence-corrected chi connectivity index (χ0v) is 9.12. The lowest BCUT2D eigenvalue weighted by Gasteiger charge is -2.23. The third kappa shape index (κ3) is 2.33. The van der Waals surface area contributed by atoms with Crippen LogP contribution in [0.5, 0.6) is 0 Å². The van der Waals surface area contributed by atoms with Crippen LogP contribution < -0.4 is 5.32 Å². The lowest BCUT2D eigenvalue weighted by atomic mass is 10.1. The van der Waals surface area contributed by atoms with E-state index in [9.17, 15) is 5.11 Å². The summed E-state index contributed by atoms with van der Waals surface area (Å²) in [7, 11) is 0. The summed E-state index contributed by atoms with van der Waals surface area (Å²) in [6.07, 6.45) is 3.61. The Morgan fingerprint density at radius 1 is 1.57 bits per heavy atom. The van der Waals surface area contributed by atoms with E-state index in [1.165, 1.54) is 0 Å². The first-order valence-electron chi connectivity index (χ1n) is 5.06. The van der Waals surface area contributed by atoms with Gasteiger partial charge < -0.3 is 15.0 Å². The molecule has 1 rings (SSSR count). The molecule has 1 aromatic heterocycles. The molecule has 0 aromatic carbocycles. The van der Waals surface area contributed by atoms with Crippen molar-refractivity contribution in [1.82, 2.24) is 14.9 Å². The second-order valence-electron chi connectivity index (χ2n) is 3.59. The Kier molecular flexibility index (Phi) is 3.66. The van der Waals surface area contributed by atoms with Gasteiger partial charge in [-0.25, -0.2) is 4.98 Å². The lowest BCUT2D eigenvalue weighted by Crippen LogP contribution is -2.37. The fraction of sp³-hybridized carbons (Fsp3) is 0.700. The van der Waals surface area contributed by atoms with Crippen LogP contribution in [-0.2, 0) is 12.1 Å². The third-order valence-electron chi connectivity index (χ3n) is 2.26. The summed E-state index contributed by atoms with van der Waals surface area (Å²) >= 11 is 0. The zero-order chi connectivity index (χ0) is 10.6. The number of hydrogen-bond donors (Lipinski definition) is 2. The smallest absolute Gasteiger partial charge is 0.141 e. The molecule has 4 heteroatoms. The fourth-order valence-electron chi connectivity index (χ4n) is 1.48. The predicted octanol–water partition coefficient (Wildman–Crippen LogP) is 0.720. The minimum Gasteiger partial charge on any atom is -0.381 e. The number of aromatic nitrogens is 2. The number of aliphatic hydroxyl groups is 1. The van der Waals surface area contributed by atoms with Gasteiger partial charge in [0.05, 0.1) is 0 Å². The lowest BCUT2D eigenvalue weighted by molar-refractivity contribution is 0.0447. The van der Waals surface area contributed by atoms with Gasteiger partial charge in [0.15, 0.2) is 0 Å². The molecular weight excluding hydrogens is 178 g/mol. The molecular formula is C10H19N3O. The van der Waals surface area contributed by atoms with Crippen LogP contribution in [0.25, 0.3) is 0 Å². The molecule has 0 aliphatic heterocycles. The second kappa shape index (κ2) is 4.57. The normalized spacial score (nSPS) is 15.4. The SMILES string of the molecule is CCNCC(C)(O)c1nccn1CC. The Morgan fingerprint density at radius 3 is 2.86 bits per heavy atom. The summed E-state index contributed by atoms with van der Waals surface area (Å²) in [5, 5.41) is 13.3. The van der Waals surface area contributed by atoms with Gasteiger partial charge >= 0.3 is 0 Å². The quantitative estimate of drug-likeness (QED) is 0.731. The largest absolute Gasteiger partial charge is 0.381 e. The number of nitrogens with zero attached hydrogens (tertiary/aromatic N) is 2. The first-order chi connectivity index (χ1) is 6.61. The van der Waals surface area contributed by atoms with Crippen molar-refractivity contribution in [3.63, 3.8) is 0 Å². The molecule has 1 unspecified atom stereocenters. The Morgan fingerprint density at radius 2 is 2.29 bits per heavy atom. The van der Waals surface area contributed by atoms with Gasteiger partial charge in [-0.15, -0.1) is 0 Å². The van der Waals surface area contributed by atoms with Crippen molar-refractivity contribution >= 4 is 0 Å². The van der Waals surface area contributed by atoms with Crippen LogP contribution in [0.2, 0.25) is 0 Å². The maximum Gasteiger partial charge on any atom is 0.141 e. The van der Waals surface area contributed by atoms with Crippen molar-refractivity contribution < 1.29 is 5.11 Å². The summed E-state index contributed by atoms with van der Waals surface area (Å²) < 4.78 is 1.96. The molecule has 0 saturated heterocycles. The molecule has 1 aromatic rings. The highest BCUT2D eigenvalue weighted by atomic mass is 16.3. The number of imidazole rings is 1. The van der Waals surface area contributed by atoms with Crippen molar-refractivity contribution in [2.75, 3.05) is 13.1 Å². The molecule has 0 fully saturated rings. The van der Waals surface area contributed by atoms with E-state index in [4.69, 9.17) is 0 Å². The van der Waals surface area contributed by atoms with E-state index in [-0.39, 0.29) is 0 Å². The second-order valence-corrected chi connectivity index (χ2v) is 3.59. The van der Waals surface area contributed by atoms with Gasteiger partial charge in [-0.05, 0) is 20.4 Å².